The average Bonchev–Trinajstić information content (AvgIpc) is 3.15. The summed E-state index contributed by atoms with van der Waals surface area (Å²) >= 11 is 0. The molecule has 0 bridgehead atoms. The predicted octanol–water partition coefficient (Wildman–Crippen LogP) is 2.33. The highest BCUT2D eigenvalue weighted by molar-refractivity contribution is 5.92. The summed E-state index contributed by atoms with van der Waals surface area (Å²) < 4.78 is 0. The van der Waals surface area contributed by atoms with E-state index in [9.17, 15) is 4.79 Å². The Morgan fingerprint density at radius 2 is 1.78 bits per heavy atom. The van der Waals surface area contributed by atoms with E-state index in [1.165, 1.54) is 24.0 Å². The van der Waals surface area contributed by atoms with Crippen molar-refractivity contribution in [1.29, 1.82) is 0 Å². The summed E-state index contributed by atoms with van der Waals surface area (Å²) in [7, 11) is 0. The maximum atomic E-state index is 12.4. The van der Waals surface area contributed by atoms with Gasteiger partial charge < -0.3 is 9.88 Å². The Morgan fingerprint density at radius 1 is 1.00 bits per heavy atom. The molecule has 1 saturated heterocycles. The molecule has 23 heavy (non-hydrogen) atoms. The Hall–Kier alpha value is -2.07. The van der Waals surface area contributed by atoms with Crippen molar-refractivity contribution in [3.63, 3.8) is 0 Å². The maximum absolute atomic E-state index is 12.4. The minimum Gasteiger partial charge on any atom is -0.357 e. The highest BCUT2D eigenvalue weighted by Crippen LogP contribution is 2.25. The van der Waals surface area contributed by atoms with Crippen LogP contribution in [0.5, 0.6) is 0 Å². The molecule has 0 unspecified atom stereocenters. The fraction of sp³-hybridized carbons (Fsp3) is 0.421. The summed E-state index contributed by atoms with van der Waals surface area (Å²) in [5.74, 6) is 0.128. The van der Waals surface area contributed by atoms with Crippen LogP contribution in [-0.2, 0) is 12.8 Å². The standard InChI is InChI=1S/C19H23N3O/c23-19(18-6-3-9-20-18)22-12-10-21(11-13-22)17-8-7-15-4-1-2-5-16(15)14-17/h1-6,9,17,20H,7-8,10-14H2/t17-/m1/s1. The Kier molecular flexibility index (Phi) is 3.92. The second kappa shape index (κ2) is 6.20. The van der Waals surface area contributed by atoms with Crippen LogP contribution in [0, 0.1) is 0 Å². The Labute approximate surface area is 137 Å². The van der Waals surface area contributed by atoms with Crippen LogP contribution in [-0.4, -0.2) is 52.9 Å². The van der Waals surface area contributed by atoms with Gasteiger partial charge in [-0.3, -0.25) is 9.69 Å². The molecule has 0 saturated carbocycles. The Balaban J connectivity index is 1.36. The first-order valence-corrected chi connectivity index (χ1v) is 8.55. The summed E-state index contributed by atoms with van der Waals surface area (Å²) in [6.45, 7) is 3.63. The zero-order valence-electron chi connectivity index (χ0n) is 13.4. The van der Waals surface area contributed by atoms with E-state index in [0.717, 1.165) is 32.6 Å². The number of amides is 1. The number of fused-ring (bicyclic) bond motifs is 1. The fourth-order valence-electron chi connectivity index (χ4n) is 3.91. The van der Waals surface area contributed by atoms with Crippen molar-refractivity contribution >= 4 is 5.91 Å². The molecular formula is C19H23N3O. The third-order valence-electron chi connectivity index (χ3n) is 5.27. The van der Waals surface area contributed by atoms with Crippen molar-refractivity contribution in [2.24, 2.45) is 0 Å². The molecule has 1 N–H and O–H groups in total. The minimum atomic E-state index is 0.128. The molecule has 120 valence electrons. The van der Waals surface area contributed by atoms with Gasteiger partial charge in [-0.15, -0.1) is 0 Å². The van der Waals surface area contributed by atoms with Crippen molar-refractivity contribution in [1.82, 2.24) is 14.8 Å². The van der Waals surface area contributed by atoms with Crippen molar-refractivity contribution in [3.05, 3.63) is 59.4 Å². The van der Waals surface area contributed by atoms with Crippen LogP contribution >= 0.6 is 0 Å². The molecule has 1 aromatic carbocycles. The molecule has 1 aliphatic carbocycles. The molecule has 1 aromatic heterocycles. The number of carbonyl (C=O) groups is 1. The normalized spacial score (nSPS) is 21.9. The van der Waals surface area contributed by atoms with Crippen LogP contribution in [0.3, 0.4) is 0 Å². The molecule has 0 spiro atoms. The first-order valence-electron chi connectivity index (χ1n) is 8.55. The third-order valence-corrected chi connectivity index (χ3v) is 5.27. The van der Waals surface area contributed by atoms with Crippen molar-refractivity contribution < 1.29 is 4.79 Å². The molecule has 1 fully saturated rings. The molecule has 2 aliphatic rings. The summed E-state index contributed by atoms with van der Waals surface area (Å²) in [6, 6.07) is 13.2. The zero-order chi connectivity index (χ0) is 15.6. The first kappa shape index (κ1) is 14.5. The van der Waals surface area contributed by atoms with E-state index in [-0.39, 0.29) is 5.91 Å². The van der Waals surface area contributed by atoms with Crippen LogP contribution in [0.4, 0.5) is 0 Å². The monoisotopic (exact) mass is 309 g/mol. The number of benzene rings is 1. The number of piperazine rings is 1. The summed E-state index contributed by atoms with van der Waals surface area (Å²) in [4.78, 5) is 19.9. The van der Waals surface area contributed by atoms with E-state index in [2.05, 4.69) is 34.1 Å². The molecule has 1 atom stereocenters. The fourth-order valence-corrected chi connectivity index (χ4v) is 3.91. The van der Waals surface area contributed by atoms with Gasteiger partial charge in [0, 0.05) is 38.4 Å². The van der Waals surface area contributed by atoms with E-state index in [0.29, 0.717) is 11.7 Å². The highest BCUT2D eigenvalue weighted by Gasteiger charge is 2.29. The molecular weight excluding hydrogens is 286 g/mol. The minimum absolute atomic E-state index is 0.128. The molecule has 1 amide bonds. The van der Waals surface area contributed by atoms with Crippen LogP contribution in [0.1, 0.15) is 28.0 Å². The second-order valence-electron chi connectivity index (χ2n) is 6.58. The molecule has 2 heterocycles. The number of hydrogen-bond acceptors (Lipinski definition) is 2. The predicted molar refractivity (Wildman–Crippen MR) is 90.5 cm³/mol. The average molecular weight is 309 g/mol. The smallest absolute Gasteiger partial charge is 0.270 e. The first-order chi connectivity index (χ1) is 11.3. The molecule has 0 radical (unpaired) electrons. The van der Waals surface area contributed by atoms with E-state index in [4.69, 9.17) is 0 Å². The van der Waals surface area contributed by atoms with Gasteiger partial charge in [0.05, 0.1) is 0 Å². The number of aromatic nitrogens is 1. The van der Waals surface area contributed by atoms with E-state index in [1.807, 2.05) is 23.2 Å². The van der Waals surface area contributed by atoms with Crippen molar-refractivity contribution in [2.75, 3.05) is 26.2 Å². The van der Waals surface area contributed by atoms with Gasteiger partial charge in [-0.1, -0.05) is 24.3 Å². The largest absolute Gasteiger partial charge is 0.357 e. The van der Waals surface area contributed by atoms with Gasteiger partial charge in [-0.05, 0) is 42.5 Å². The SMILES string of the molecule is O=C(c1ccc[nH]1)N1CCN([C@@H]2CCc3ccccc3C2)CC1. The summed E-state index contributed by atoms with van der Waals surface area (Å²) in [6.07, 6.45) is 5.38. The second-order valence-corrected chi connectivity index (χ2v) is 6.58. The van der Waals surface area contributed by atoms with Gasteiger partial charge >= 0.3 is 0 Å². The topological polar surface area (TPSA) is 39.3 Å². The molecule has 2 aromatic rings. The lowest BCUT2D eigenvalue weighted by molar-refractivity contribution is 0.0548. The Bertz CT molecular complexity index is 672. The van der Waals surface area contributed by atoms with Crippen LogP contribution < -0.4 is 0 Å². The number of hydrogen-bond donors (Lipinski definition) is 1. The maximum Gasteiger partial charge on any atom is 0.270 e. The quantitative estimate of drug-likeness (QED) is 0.925. The molecule has 1 aliphatic heterocycles. The van der Waals surface area contributed by atoms with Gasteiger partial charge in [-0.25, -0.2) is 0 Å². The number of nitrogens with zero attached hydrogens (tertiary/aromatic N) is 2. The number of H-pyrrole nitrogens is 1. The third kappa shape index (κ3) is 2.91. The van der Waals surface area contributed by atoms with Crippen LogP contribution in [0.2, 0.25) is 0 Å². The lowest BCUT2D eigenvalue weighted by Gasteiger charge is -2.41. The highest BCUT2D eigenvalue weighted by atomic mass is 16.2. The summed E-state index contributed by atoms with van der Waals surface area (Å²) in [5.41, 5.74) is 3.72. The molecule has 4 heteroatoms. The lowest BCUT2D eigenvalue weighted by atomic mass is 9.87. The number of rotatable bonds is 2. The van der Waals surface area contributed by atoms with E-state index < -0.39 is 0 Å². The van der Waals surface area contributed by atoms with Crippen LogP contribution in [0.25, 0.3) is 0 Å². The van der Waals surface area contributed by atoms with Crippen molar-refractivity contribution in [2.45, 2.75) is 25.3 Å². The van der Waals surface area contributed by atoms with E-state index in [1.54, 1.807) is 0 Å². The van der Waals surface area contributed by atoms with Gasteiger partial charge in [0.15, 0.2) is 0 Å². The van der Waals surface area contributed by atoms with Gasteiger partial charge in [-0.2, -0.15) is 0 Å². The Morgan fingerprint density at radius 3 is 2.52 bits per heavy atom. The van der Waals surface area contributed by atoms with Crippen LogP contribution in [0.15, 0.2) is 42.6 Å². The zero-order valence-corrected chi connectivity index (χ0v) is 13.4. The summed E-state index contributed by atoms with van der Waals surface area (Å²) in [5, 5.41) is 0. The molecule has 4 rings (SSSR count). The number of aromatic amines is 1. The van der Waals surface area contributed by atoms with Gasteiger partial charge in [0.25, 0.3) is 5.91 Å². The van der Waals surface area contributed by atoms with Crippen molar-refractivity contribution in [3.8, 4) is 0 Å². The number of aryl methyl sites for hydroxylation is 1. The van der Waals surface area contributed by atoms with Gasteiger partial charge in [0.2, 0.25) is 0 Å². The van der Waals surface area contributed by atoms with E-state index >= 15 is 0 Å². The van der Waals surface area contributed by atoms with Gasteiger partial charge in [0.1, 0.15) is 5.69 Å². The lowest BCUT2D eigenvalue weighted by Crippen LogP contribution is -2.53. The molecule has 4 nitrogen and oxygen atoms in total. The number of carbonyl (C=O) groups excluding carboxylic acids is 1. The number of nitrogens with one attached hydrogen (secondary N) is 1.